The number of nitrogens with one attached hydrogen (secondary N) is 2. The van der Waals surface area contributed by atoms with Gasteiger partial charge in [-0.15, -0.1) is 11.3 Å². The summed E-state index contributed by atoms with van der Waals surface area (Å²) in [6.07, 6.45) is 6.50. The van der Waals surface area contributed by atoms with E-state index in [0.29, 0.717) is 26.4 Å². The lowest BCUT2D eigenvalue weighted by Crippen LogP contribution is -2.20. The zero-order valence-corrected chi connectivity index (χ0v) is 18.0. The summed E-state index contributed by atoms with van der Waals surface area (Å²) in [7, 11) is 1.41. The zero-order valence-electron chi connectivity index (χ0n) is 14.9. The highest BCUT2D eigenvalue weighted by Crippen LogP contribution is 2.37. The van der Waals surface area contributed by atoms with Gasteiger partial charge in [0.05, 0.1) is 23.4 Å². The number of aryl methyl sites for hydroxylation is 1. The Bertz CT molecular complexity index is 868. The van der Waals surface area contributed by atoms with E-state index >= 15 is 0 Å². The number of anilines is 2. The Kier molecular flexibility index (Phi) is 6.98. The Morgan fingerprint density at radius 2 is 1.89 bits per heavy atom. The minimum Gasteiger partial charge on any atom is -0.465 e. The molecular formula is C19H20Cl2N2O2S2. The molecule has 2 aromatic rings. The number of rotatable bonds is 3. The number of benzene rings is 1. The van der Waals surface area contributed by atoms with Gasteiger partial charge in [-0.2, -0.15) is 0 Å². The van der Waals surface area contributed by atoms with Crippen molar-refractivity contribution in [1.29, 1.82) is 0 Å². The highest BCUT2D eigenvalue weighted by Gasteiger charge is 2.25. The fourth-order valence-electron chi connectivity index (χ4n) is 3.17. The molecule has 8 heteroatoms. The number of methoxy groups -OCH3 is 1. The van der Waals surface area contributed by atoms with Crippen molar-refractivity contribution in [2.24, 2.45) is 0 Å². The van der Waals surface area contributed by atoms with Crippen LogP contribution in [-0.4, -0.2) is 18.2 Å². The first-order chi connectivity index (χ1) is 13.0. The third kappa shape index (κ3) is 4.93. The smallest absolute Gasteiger partial charge is 0.341 e. The molecule has 0 fully saturated rings. The molecule has 0 saturated carbocycles. The van der Waals surface area contributed by atoms with Gasteiger partial charge in [0.2, 0.25) is 0 Å². The fraction of sp³-hybridized carbons (Fsp3) is 0.368. The van der Waals surface area contributed by atoms with Gasteiger partial charge in [-0.25, -0.2) is 4.79 Å². The van der Waals surface area contributed by atoms with Gasteiger partial charge >= 0.3 is 5.97 Å². The van der Waals surface area contributed by atoms with Gasteiger partial charge in [-0.1, -0.05) is 36.0 Å². The van der Waals surface area contributed by atoms with Crippen LogP contribution in [0.15, 0.2) is 18.2 Å². The van der Waals surface area contributed by atoms with Gasteiger partial charge in [-0.05, 0) is 61.7 Å². The van der Waals surface area contributed by atoms with Gasteiger partial charge < -0.3 is 15.4 Å². The quantitative estimate of drug-likeness (QED) is 0.430. The van der Waals surface area contributed by atoms with Crippen LogP contribution in [0.2, 0.25) is 10.0 Å². The number of carbonyl (C=O) groups excluding carboxylic acids is 1. The molecule has 0 atom stereocenters. The number of thiocarbonyl (C=S) groups is 1. The molecule has 1 heterocycles. The number of hydrogen-bond donors (Lipinski definition) is 2. The molecule has 0 unspecified atom stereocenters. The van der Waals surface area contributed by atoms with Crippen LogP contribution in [0.25, 0.3) is 0 Å². The van der Waals surface area contributed by atoms with Gasteiger partial charge in [0, 0.05) is 9.90 Å². The molecule has 0 spiro atoms. The van der Waals surface area contributed by atoms with E-state index in [4.69, 9.17) is 40.2 Å². The third-order valence-corrected chi connectivity index (χ3v) is 6.43. The first-order valence-electron chi connectivity index (χ1n) is 8.75. The van der Waals surface area contributed by atoms with Crippen LogP contribution >= 0.6 is 46.8 Å². The van der Waals surface area contributed by atoms with Crippen LogP contribution in [0.3, 0.4) is 0 Å². The van der Waals surface area contributed by atoms with Crippen molar-refractivity contribution in [3.05, 3.63) is 44.2 Å². The first kappa shape index (κ1) is 20.4. The predicted molar refractivity (Wildman–Crippen MR) is 118 cm³/mol. The van der Waals surface area contributed by atoms with Gasteiger partial charge in [0.25, 0.3) is 0 Å². The molecule has 0 amide bonds. The van der Waals surface area contributed by atoms with E-state index < -0.39 is 0 Å². The van der Waals surface area contributed by atoms with Crippen molar-refractivity contribution >= 4 is 68.5 Å². The van der Waals surface area contributed by atoms with E-state index in [1.807, 2.05) is 0 Å². The Morgan fingerprint density at radius 1 is 1.15 bits per heavy atom. The Hall–Kier alpha value is -1.34. The summed E-state index contributed by atoms with van der Waals surface area (Å²) >= 11 is 19.1. The second-order valence-corrected chi connectivity index (χ2v) is 8.67. The molecule has 4 nitrogen and oxygen atoms in total. The second kappa shape index (κ2) is 9.24. The average Bonchev–Trinajstić information content (AvgIpc) is 2.93. The lowest BCUT2D eigenvalue weighted by molar-refractivity contribution is 0.0601. The molecule has 1 aromatic heterocycles. The maximum atomic E-state index is 12.4. The summed E-state index contributed by atoms with van der Waals surface area (Å²) in [5, 5.41) is 8.32. The number of carbonyl (C=O) groups is 1. The van der Waals surface area contributed by atoms with E-state index in [1.54, 1.807) is 29.5 Å². The van der Waals surface area contributed by atoms with E-state index in [1.165, 1.54) is 24.8 Å². The Labute approximate surface area is 178 Å². The lowest BCUT2D eigenvalue weighted by atomic mass is 9.96. The van der Waals surface area contributed by atoms with Crippen LogP contribution in [-0.2, 0) is 17.6 Å². The third-order valence-electron chi connectivity index (χ3n) is 4.47. The summed E-state index contributed by atoms with van der Waals surface area (Å²) in [6, 6.07) is 5.13. The maximum absolute atomic E-state index is 12.4. The standard InChI is InChI=1S/C19H20Cl2N2O2S2/c1-25-18(24)16-12-6-4-2-3-5-7-15(12)27-17(16)23-19(26)22-14-9-8-11(20)10-13(14)21/h8-10H,2-7H2,1H3,(H2,22,23,26). The van der Waals surface area contributed by atoms with Crippen molar-refractivity contribution in [3.8, 4) is 0 Å². The zero-order chi connectivity index (χ0) is 19.4. The minimum absolute atomic E-state index is 0.331. The van der Waals surface area contributed by atoms with Crippen molar-refractivity contribution < 1.29 is 9.53 Å². The average molecular weight is 443 g/mol. The van der Waals surface area contributed by atoms with E-state index in [9.17, 15) is 4.79 Å². The predicted octanol–water partition coefficient (Wildman–Crippen LogP) is 6.31. The molecular weight excluding hydrogens is 423 g/mol. The lowest BCUT2D eigenvalue weighted by Gasteiger charge is -2.13. The van der Waals surface area contributed by atoms with Crippen molar-refractivity contribution in [2.75, 3.05) is 17.7 Å². The summed E-state index contributed by atoms with van der Waals surface area (Å²) < 4.78 is 5.03. The van der Waals surface area contributed by atoms with E-state index in [0.717, 1.165) is 36.2 Å². The molecule has 1 aliphatic carbocycles. The molecule has 3 rings (SSSR count). The number of fused-ring (bicyclic) bond motifs is 1. The molecule has 27 heavy (non-hydrogen) atoms. The van der Waals surface area contributed by atoms with Crippen LogP contribution in [0.5, 0.6) is 0 Å². The molecule has 0 saturated heterocycles. The second-order valence-electron chi connectivity index (χ2n) is 6.32. The molecule has 0 radical (unpaired) electrons. The normalized spacial score (nSPS) is 13.9. The van der Waals surface area contributed by atoms with Gasteiger partial charge in [0.15, 0.2) is 5.11 Å². The van der Waals surface area contributed by atoms with Gasteiger partial charge in [0.1, 0.15) is 5.00 Å². The van der Waals surface area contributed by atoms with Crippen molar-refractivity contribution in [1.82, 2.24) is 0 Å². The van der Waals surface area contributed by atoms with E-state index in [2.05, 4.69) is 10.6 Å². The van der Waals surface area contributed by atoms with Crippen molar-refractivity contribution in [3.63, 3.8) is 0 Å². The van der Waals surface area contributed by atoms with Crippen LogP contribution in [0.4, 0.5) is 10.7 Å². The molecule has 2 N–H and O–H groups in total. The number of thiophene rings is 1. The number of esters is 1. The van der Waals surface area contributed by atoms with Crippen molar-refractivity contribution in [2.45, 2.75) is 38.5 Å². The first-order valence-corrected chi connectivity index (χ1v) is 10.7. The van der Waals surface area contributed by atoms with E-state index in [-0.39, 0.29) is 5.97 Å². The van der Waals surface area contributed by atoms with Crippen LogP contribution in [0.1, 0.15) is 46.5 Å². The maximum Gasteiger partial charge on any atom is 0.341 e. The Balaban J connectivity index is 1.85. The molecule has 1 aliphatic rings. The minimum atomic E-state index is -0.331. The number of ether oxygens (including phenoxy) is 1. The SMILES string of the molecule is COC(=O)c1c(NC(=S)Nc2ccc(Cl)cc2Cl)sc2c1CCCCCC2. The fourth-order valence-corrected chi connectivity index (χ4v) is 5.19. The van der Waals surface area contributed by atoms with Crippen LogP contribution < -0.4 is 10.6 Å². The summed E-state index contributed by atoms with van der Waals surface area (Å²) in [5.41, 5.74) is 2.35. The highest BCUT2D eigenvalue weighted by molar-refractivity contribution is 7.80. The summed E-state index contributed by atoms with van der Waals surface area (Å²) in [4.78, 5) is 13.7. The molecule has 0 bridgehead atoms. The monoisotopic (exact) mass is 442 g/mol. The summed E-state index contributed by atoms with van der Waals surface area (Å²) in [6.45, 7) is 0. The summed E-state index contributed by atoms with van der Waals surface area (Å²) in [5.74, 6) is -0.331. The van der Waals surface area contributed by atoms with Crippen LogP contribution in [0, 0.1) is 0 Å². The number of hydrogen-bond acceptors (Lipinski definition) is 4. The molecule has 144 valence electrons. The van der Waals surface area contributed by atoms with Gasteiger partial charge in [-0.3, -0.25) is 0 Å². The molecule has 1 aromatic carbocycles. The topological polar surface area (TPSA) is 50.4 Å². The number of halogens is 2. The molecule has 0 aliphatic heterocycles. The highest BCUT2D eigenvalue weighted by atomic mass is 35.5. The largest absolute Gasteiger partial charge is 0.465 e. The Morgan fingerprint density at radius 3 is 2.59 bits per heavy atom.